The number of benzene rings is 2. The zero-order chi connectivity index (χ0) is 38.9. The lowest BCUT2D eigenvalue weighted by atomic mass is 10.0. The fraction of sp³-hybridized carbons (Fsp3) is 0.439. The van der Waals surface area contributed by atoms with Crippen LogP contribution < -0.4 is 16.0 Å². The molecule has 0 saturated carbocycles. The average Bonchev–Trinajstić information content (AvgIpc) is 3.85. The molecule has 12 heteroatoms. The van der Waals surface area contributed by atoms with E-state index in [1.807, 2.05) is 101 Å². The van der Waals surface area contributed by atoms with Gasteiger partial charge in [-0.1, -0.05) is 70.7 Å². The van der Waals surface area contributed by atoms with Crippen LogP contribution in [0.5, 0.6) is 0 Å². The smallest absolute Gasteiger partial charge is 0.407 e. The average molecular weight is 725 g/mol. The quantitative estimate of drug-likeness (QED) is 0.0719. The van der Waals surface area contributed by atoms with Crippen LogP contribution in [0, 0.1) is 17.8 Å². The normalized spacial score (nSPS) is 12.4. The molecule has 12 nitrogen and oxygen atoms in total. The number of H-pyrrole nitrogens is 2. The molecule has 0 radical (unpaired) electrons. The first-order valence-corrected chi connectivity index (χ1v) is 18.4. The number of aromatic amines is 2. The van der Waals surface area contributed by atoms with E-state index in [0.29, 0.717) is 18.8 Å². The first-order valence-electron chi connectivity index (χ1n) is 18.4. The molecule has 0 saturated heterocycles. The molecular formula is C41H56N8O4. The maximum Gasteiger partial charge on any atom is 0.407 e. The topological polar surface area (TPSA) is 157 Å². The molecule has 0 fully saturated rings. The number of carbonyl (C=O) groups excluding carboxylic acids is 3. The third-order valence-corrected chi connectivity index (χ3v) is 8.53. The molecule has 284 valence electrons. The zero-order valence-corrected chi connectivity index (χ0v) is 32.6. The van der Waals surface area contributed by atoms with Crippen LogP contribution in [-0.4, -0.2) is 82.6 Å². The molecule has 0 spiro atoms. The molecule has 0 aliphatic rings. The van der Waals surface area contributed by atoms with E-state index in [9.17, 15) is 14.4 Å². The van der Waals surface area contributed by atoms with E-state index in [0.717, 1.165) is 58.7 Å². The summed E-state index contributed by atoms with van der Waals surface area (Å²) in [6, 6.07) is 14.7. The lowest BCUT2D eigenvalue weighted by molar-refractivity contribution is -0.127. The minimum atomic E-state index is -0.702. The molecule has 5 N–H and O–H groups in total. The fourth-order valence-corrected chi connectivity index (χ4v) is 5.75. The third-order valence-electron chi connectivity index (χ3n) is 8.53. The summed E-state index contributed by atoms with van der Waals surface area (Å²) in [5.74, 6) is 8.01. The third kappa shape index (κ3) is 12.6. The summed E-state index contributed by atoms with van der Waals surface area (Å²) in [7, 11) is 5.13. The summed E-state index contributed by atoms with van der Waals surface area (Å²) in [5.41, 5.74) is 5.52. The molecule has 3 unspecified atom stereocenters. The number of hydrogen-bond donors (Lipinski definition) is 5. The van der Waals surface area contributed by atoms with Crippen LogP contribution in [0.4, 0.5) is 4.79 Å². The molecule has 0 bridgehead atoms. The van der Waals surface area contributed by atoms with Crippen molar-refractivity contribution in [1.29, 1.82) is 0 Å². The highest BCUT2D eigenvalue weighted by Gasteiger charge is 2.24. The van der Waals surface area contributed by atoms with E-state index in [-0.39, 0.29) is 23.8 Å². The van der Waals surface area contributed by atoms with Gasteiger partial charge in [-0.2, -0.15) is 0 Å². The summed E-state index contributed by atoms with van der Waals surface area (Å²) in [6.07, 6.45) is 5.98. The van der Waals surface area contributed by atoms with E-state index in [4.69, 9.17) is 0 Å². The number of rotatable bonds is 15. The standard InChI is InChI=1S/C39H50N8O4.C2H6/c1-8-31(46-39(50)51-7)37(48)43-26(4)36-42-24-33(45-36)30-20-16-28(17-21-30)13-12-27-14-18-29(19-15-27)32-23-41-34(44-32)11-9-10-22-40-38(49)35(25(2)3)47(5)6;1-2/h14-21,23-26,31,35H,8-11,22H2,1-7H3,(H,40,49)(H,41,44)(H,42,45)(H,43,48)(H,46,50);1-2H3. The monoisotopic (exact) mass is 724 g/mol. The second kappa shape index (κ2) is 21.2. The van der Waals surface area contributed by atoms with Crippen molar-refractivity contribution in [1.82, 2.24) is 40.8 Å². The van der Waals surface area contributed by atoms with Crippen LogP contribution in [0.2, 0.25) is 0 Å². The molecular weight excluding hydrogens is 669 g/mol. The number of unbranched alkanes of at least 4 members (excludes halogenated alkanes) is 1. The van der Waals surface area contributed by atoms with Crippen LogP contribution in [0.15, 0.2) is 60.9 Å². The van der Waals surface area contributed by atoms with Crippen LogP contribution in [0.25, 0.3) is 22.5 Å². The first-order chi connectivity index (χ1) is 25.5. The predicted octanol–water partition coefficient (Wildman–Crippen LogP) is 6.23. The highest BCUT2D eigenvalue weighted by molar-refractivity contribution is 5.85. The van der Waals surface area contributed by atoms with Crippen LogP contribution >= 0.6 is 0 Å². The van der Waals surface area contributed by atoms with Gasteiger partial charge in [-0.3, -0.25) is 14.5 Å². The van der Waals surface area contributed by atoms with Crippen molar-refractivity contribution in [3.63, 3.8) is 0 Å². The van der Waals surface area contributed by atoms with E-state index >= 15 is 0 Å². The Morgan fingerprint density at radius 3 is 1.91 bits per heavy atom. The van der Waals surface area contributed by atoms with Crippen LogP contribution in [0.1, 0.15) is 89.6 Å². The molecule has 0 aliphatic heterocycles. The molecule has 3 atom stereocenters. The second-order valence-corrected chi connectivity index (χ2v) is 13.1. The number of likely N-dealkylation sites (N-methyl/N-ethyl adjacent to an activating group) is 1. The van der Waals surface area contributed by atoms with Gasteiger partial charge in [-0.25, -0.2) is 14.8 Å². The van der Waals surface area contributed by atoms with E-state index < -0.39 is 18.2 Å². The number of carbonyl (C=O) groups is 3. The van der Waals surface area contributed by atoms with Gasteiger partial charge >= 0.3 is 6.09 Å². The summed E-state index contributed by atoms with van der Waals surface area (Å²) >= 11 is 0. The summed E-state index contributed by atoms with van der Waals surface area (Å²) < 4.78 is 4.60. The molecule has 2 aromatic carbocycles. The number of aryl methyl sites for hydroxylation is 1. The van der Waals surface area contributed by atoms with Crippen molar-refractivity contribution in [2.24, 2.45) is 5.92 Å². The lowest BCUT2D eigenvalue weighted by Crippen LogP contribution is -2.47. The highest BCUT2D eigenvalue weighted by Crippen LogP contribution is 2.21. The van der Waals surface area contributed by atoms with Crippen molar-refractivity contribution in [3.05, 3.63) is 83.7 Å². The highest BCUT2D eigenvalue weighted by atomic mass is 16.5. The van der Waals surface area contributed by atoms with Crippen molar-refractivity contribution in [3.8, 4) is 34.4 Å². The summed E-state index contributed by atoms with van der Waals surface area (Å²) in [5, 5.41) is 8.48. The molecule has 53 heavy (non-hydrogen) atoms. The summed E-state index contributed by atoms with van der Waals surface area (Å²) in [4.78, 5) is 54.3. The molecule has 2 aromatic heterocycles. The van der Waals surface area contributed by atoms with Gasteiger partial charge in [0.1, 0.15) is 17.7 Å². The van der Waals surface area contributed by atoms with Gasteiger partial charge in [-0.15, -0.1) is 0 Å². The van der Waals surface area contributed by atoms with Crippen LogP contribution in [0.3, 0.4) is 0 Å². The SMILES string of the molecule is CC.CCC(NC(=O)OC)C(=O)NC(C)c1ncc(-c2ccc(C#Cc3ccc(-c4cnc(CCCCNC(=O)C(C(C)C)N(C)C)[nH]4)cc3)cc2)[nH]1. The van der Waals surface area contributed by atoms with Gasteiger partial charge in [0.05, 0.1) is 43.0 Å². The van der Waals surface area contributed by atoms with Gasteiger partial charge in [0.25, 0.3) is 0 Å². The number of ether oxygens (including phenoxy) is 1. The van der Waals surface area contributed by atoms with Gasteiger partial charge < -0.3 is 30.7 Å². The van der Waals surface area contributed by atoms with Gasteiger partial charge in [0.2, 0.25) is 11.8 Å². The number of methoxy groups -OCH3 is 1. The maximum absolute atomic E-state index is 12.6. The Morgan fingerprint density at radius 1 is 0.811 bits per heavy atom. The van der Waals surface area contributed by atoms with Crippen molar-refractivity contribution in [2.75, 3.05) is 27.7 Å². The number of nitrogens with one attached hydrogen (secondary N) is 5. The lowest BCUT2D eigenvalue weighted by Gasteiger charge is -2.26. The van der Waals surface area contributed by atoms with Crippen molar-refractivity contribution < 1.29 is 19.1 Å². The fourth-order valence-electron chi connectivity index (χ4n) is 5.75. The molecule has 2 heterocycles. The van der Waals surface area contributed by atoms with E-state index in [1.165, 1.54) is 7.11 Å². The predicted molar refractivity (Wildman–Crippen MR) is 210 cm³/mol. The number of amides is 3. The van der Waals surface area contributed by atoms with Gasteiger partial charge in [0.15, 0.2) is 0 Å². The van der Waals surface area contributed by atoms with Gasteiger partial charge in [-0.05, 0) is 81.6 Å². The van der Waals surface area contributed by atoms with Gasteiger partial charge in [0, 0.05) is 24.1 Å². The number of nitrogens with zero attached hydrogens (tertiary/aromatic N) is 3. The molecule has 4 aromatic rings. The molecule has 0 aliphatic carbocycles. The minimum absolute atomic E-state index is 0.0804. The Morgan fingerprint density at radius 2 is 1.38 bits per heavy atom. The zero-order valence-electron chi connectivity index (χ0n) is 32.6. The number of hydrogen-bond acceptors (Lipinski definition) is 7. The Hall–Kier alpha value is -5.41. The first kappa shape index (κ1) is 42.0. The molecule has 3 amide bonds. The Kier molecular flexibility index (Phi) is 16.8. The number of alkyl carbamates (subject to hydrolysis) is 1. The maximum atomic E-state index is 12.6. The number of imidazole rings is 2. The second-order valence-electron chi connectivity index (χ2n) is 13.1. The van der Waals surface area contributed by atoms with E-state index in [2.05, 4.69) is 66.3 Å². The Bertz CT molecular complexity index is 1790. The van der Waals surface area contributed by atoms with Crippen molar-refractivity contribution in [2.45, 2.75) is 85.4 Å². The van der Waals surface area contributed by atoms with E-state index in [1.54, 1.807) is 6.20 Å². The number of aromatic nitrogens is 4. The summed E-state index contributed by atoms with van der Waals surface area (Å²) in [6.45, 7) is 12.4. The molecule has 4 rings (SSSR count). The minimum Gasteiger partial charge on any atom is -0.453 e. The largest absolute Gasteiger partial charge is 0.453 e. The Labute approximate surface area is 314 Å². The van der Waals surface area contributed by atoms with Crippen molar-refractivity contribution >= 4 is 17.9 Å². The Balaban J connectivity index is 0.00000372. The van der Waals surface area contributed by atoms with Crippen LogP contribution in [-0.2, 0) is 20.7 Å².